The van der Waals surface area contributed by atoms with E-state index in [1.54, 1.807) is 6.07 Å². The highest BCUT2D eigenvalue weighted by Gasteiger charge is 2.29. The zero-order valence-electron chi connectivity index (χ0n) is 9.63. The number of thiophene rings is 1. The molecule has 0 bridgehead atoms. The molecule has 7 heteroatoms. The Balaban J connectivity index is 0.00000144. The van der Waals surface area contributed by atoms with Crippen molar-refractivity contribution in [3.8, 4) is 0 Å². The van der Waals surface area contributed by atoms with Crippen LogP contribution in [0.25, 0.3) is 0 Å². The molecule has 0 aromatic carbocycles. The second-order valence-corrected chi connectivity index (χ2v) is 7.58. The van der Waals surface area contributed by atoms with Gasteiger partial charge in [0.05, 0.1) is 0 Å². The number of piperidine rings is 1. The fourth-order valence-electron chi connectivity index (χ4n) is 1.87. The van der Waals surface area contributed by atoms with Crippen LogP contribution in [0.5, 0.6) is 0 Å². The standard InChI is InChI=1S/C10H16N2O2S2.ClH/c1-8-4-5-10(15-8)16(13,14)12-6-2-3-9(11)7-12;/h4-5,9H,2-3,6-7,11H2,1H3;1H/t9-;/m1./s1. The monoisotopic (exact) mass is 296 g/mol. The van der Waals surface area contributed by atoms with Crippen LogP contribution in [0.3, 0.4) is 0 Å². The van der Waals surface area contributed by atoms with Crippen molar-refractivity contribution in [2.75, 3.05) is 13.1 Å². The molecule has 1 aromatic heterocycles. The second-order valence-electron chi connectivity index (χ2n) is 4.13. The Bertz CT molecular complexity index is 472. The van der Waals surface area contributed by atoms with E-state index in [2.05, 4.69) is 0 Å². The van der Waals surface area contributed by atoms with Crippen molar-refractivity contribution < 1.29 is 8.42 Å². The van der Waals surface area contributed by atoms with Gasteiger partial charge in [-0.15, -0.1) is 23.7 Å². The molecule has 1 saturated heterocycles. The van der Waals surface area contributed by atoms with Crippen LogP contribution in [-0.4, -0.2) is 31.9 Å². The number of nitrogens with zero attached hydrogens (tertiary/aromatic N) is 1. The molecule has 4 nitrogen and oxygen atoms in total. The van der Waals surface area contributed by atoms with Gasteiger partial charge in [-0.3, -0.25) is 0 Å². The summed E-state index contributed by atoms with van der Waals surface area (Å²) in [6.07, 6.45) is 1.76. The SMILES string of the molecule is Cc1ccc(S(=O)(=O)N2CCC[C@@H](N)C2)s1.Cl. The predicted molar refractivity (Wildman–Crippen MR) is 72.3 cm³/mol. The third-order valence-corrected chi connectivity index (χ3v) is 6.06. The van der Waals surface area contributed by atoms with Gasteiger partial charge in [0.2, 0.25) is 0 Å². The Morgan fingerprint density at radius 3 is 2.71 bits per heavy atom. The molecule has 0 spiro atoms. The molecule has 0 amide bonds. The highest BCUT2D eigenvalue weighted by molar-refractivity contribution is 7.91. The number of rotatable bonds is 2. The minimum Gasteiger partial charge on any atom is -0.327 e. The lowest BCUT2D eigenvalue weighted by atomic mass is 10.1. The second kappa shape index (κ2) is 5.67. The predicted octanol–water partition coefficient (Wildman–Crippen LogP) is 1.59. The Labute approximate surface area is 112 Å². The summed E-state index contributed by atoms with van der Waals surface area (Å²) in [6, 6.07) is 3.49. The quantitative estimate of drug-likeness (QED) is 0.901. The topological polar surface area (TPSA) is 63.4 Å². The van der Waals surface area contributed by atoms with Gasteiger partial charge < -0.3 is 5.73 Å². The molecule has 2 heterocycles. The van der Waals surface area contributed by atoms with Crippen molar-refractivity contribution in [1.82, 2.24) is 4.31 Å². The number of halogens is 1. The molecule has 0 saturated carbocycles. The van der Waals surface area contributed by atoms with E-state index in [-0.39, 0.29) is 18.4 Å². The van der Waals surface area contributed by atoms with E-state index < -0.39 is 10.0 Å². The maximum absolute atomic E-state index is 12.2. The molecule has 0 unspecified atom stereocenters. The van der Waals surface area contributed by atoms with Gasteiger partial charge in [0.25, 0.3) is 10.0 Å². The molecular formula is C10H17ClN2O2S2. The van der Waals surface area contributed by atoms with Gasteiger partial charge in [-0.05, 0) is 31.9 Å². The van der Waals surface area contributed by atoms with Crippen LogP contribution in [-0.2, 0) is 10.0 Å². The van der Waals surface area contributed by atoms with Crippen molar-refractivity contribution >= 4 is 33.8 Å². The van der Waals surface area contributed by atoms with Crippen LogP contribution in [0.2, 0.25) is 0 Å². The van der Waals surface area contributed by atoms with E-state index >= 15 is 0 Å². The van der Waals surface area contributed by atoms with Crippen molar-refractivity contribution in [2.24, 2.45) is 5.73 Å². The van der Waals surface area contributed by atoms with Gasteiger partial charge in [0.15, 0.2) is 0 Å². The van der Waals surface area contributed by atoms with Crippen molar-refractivity contribution in [1.29, 1.82) is 0 Å². The number of nitrogens with two attached hydrogens (primary N) is 1. The van der Waals surface area contributed by atoms with Crippen molar-refractivity contribution in [2.45, 2.75) is 30.0 Å². The highest BCUT2D eigenvalue weighted by atomic mass is 35.5. The molecule has 2 rings (SSSR count). The van der Waals surface area contributed by atoms with Gasteiger partial charge >= 0.3 is 0 Å². The average molecular weight is 297 g/mol. The number of hydrogen-bond donors (Lipinski definition) is 1. The Morgan fingerprint density at radius 1 is 1.47 bits per heavy atom. The van der Waals surface area contributed by atoms with Crippen LogP contribution in [0.15, 0.2) is 16.3 Å². The van der Waals surface area contributed by atoms with E-state index in [9.17, 15) is 8.42 Å². The lowest BCUT2D eigenvalue weighted by molar-refractivity contribution is 0.316. The first-order valence-electron chi connectivity index (χ1n) is 5.32. The van der Waals surface area contributed by atoms with Gasteiger partial charge in [-0.25, -0.2) is 8.42 Å². The van der Waals surface area contributed by atoms with Crippen molar-refractivity contribution in [3.63, 3.8) is 0 Å². The first-order valence-corrected chi connectivity index (χ1v) is 7.58. The largest absolute Gasteiger partial charge is 0.327 e. The molecule has 0 aliphatic carbocycles. The molecule has 2 N–H and O–H groups in total. The molecular weight excluding hydrogens is 280 g/mol. The van der Waals surface area contributed by atoms with Crippen LogP contribution in [0, 0.1) is 6.92 Å². The van der Waals surface area contributed by atoms with Crippen LogP contribution < -0.4 is 5.73 Å². The van der Waals surface area contributed by atoms with E-state index in [4.69, 9.17) is 5.73 Å². The zero-order valence-corrected chi connectivity index (χ0v) is 12.1. The summed E-state index contributed by atoms with van der Waals surface area (Å²) in [5.74, 6) is 0. The summed E-state index contributed by atoms with van der Waals surface area (Å²) in [7, 11) is -3.30. The van der Waals surface area contributed by atoms with E-state index in [1.165, 1.54) is 15.6 Å². The van der Waals surface area contributed by atoms with Gasteiger partial charge in [-0.2, -0.15) is 4.31 Å². The molecule has 0 radical (unpaired) electrons. The van der Waals surface area contributed by atoms with Gasteiger partial charge in [-0.1, -0.05) is 0 Å². The first kappa shape index (κ1) is 14.9. The Morgan fingerprint density at radius 2 is 2.18 bits per heavy atom. The molecule has 98 valence electrons. The fourth-order valence-corrected chi connectivity index (χ4v) is 4.84. The lowest BCUT2D eigenvalue weighted by Crippen LogP contribution is -2.45. The molecule has 1 aliphatic heterocycles. The Hall–Kier alpha value is -0.140. The van der Waals surface area contributed by atoms with Gasteiger partial charge in [0.1, 0.15) is 4.21 Å². The summed E-state index contributed by atoms with van der Waals surface area (Å²) in [5, 5.41) is 0. The zero-order chi connectivity index (χ0) is 11.8. The summed E-state index contributed by atoms with van der Waals surface area (Å²) in [5.41, 5.74) is 5.80. The summed E-state index contributed by atoms with van der Waals surface area (Å²) in [6.45, 7) is 2.94. The Kier molecular flexibility index (Phi) is 4.97. The molecule has 1 aliphatic rings. The first-order chi connectivity index (χ1) is 7.50. The smallest absolute Gasteiger partial charge is 0.252 e. The summed E-state index contributed by atoms with van der Waals surface area (Å²) in [4.78, 5) is 1.01. The van der Waals surface area contributed by atoms with E-state index in [0.29, 0.717) is 17.3 Å². The maximum atomic E-state index is 12.2. The fraction of sp³-hybridized carbons (Fsp3) is 0.600. The average Bonchev–Trinajstić information content (AvgIpc) is 2.65. The van der Waals surface area contributed by atoms with Crippen LogP contribution in [0.4, 0.5) is 0 Å². The molecule has 1 aromatic rings. The third kappa shape index (κ3) is 3.20. The van der Waals surface area contributed by atoms with E-state index in [1.807, 2.05) is 13.0 Å². The minimum atomic E-state index is -3.30. The van der Waals surface area contributed by atoms with Crippen LogP contribution >= 0.6 is 23.7 Å². The molecule has 1 atom stereocenters. The van der Waals surface area contributed by atoms with Crippen LogP contribution in [0.1, 0.15) is 17.7 Å². The lowest BCUT2D eigenvalue weighted by Gasteiger charge is -2.29. The number of hydrogen-bond acceptors (Lipinski definition) is 4. The van der Waals surface area contributed by atoms with E-state index in [0.717, 1.165) is 17.7 Å². The van der Waals surface area contributed by atoms with Crippen molar-refractivity contribution in [3.05, 3.63) is 17.0 Å². The minimum absolute atomic E-state index is 0. The maximum Gasteiger partial charge on any atom is 0.252 e. The summed E-state index contributed by atoms with van der Waals surface area (Å²) < 4.78 is 26.4. The number of sulfonamides is 1. The molecule has 1 fully saturated rings. The highest BCUT2D eigenvalue weighted by Crippen LogP contribution is 2.26. The normalized spacial score (nSPS) is 22.1. The molecule has 17 heavy (non-hydrogen) atoms. The summed E-state index contributed by atoms with van der Waals surface area (Å²) >= 11 is 1.32. The number of aryl methyl sites for hydroxylation is 1. The van der Waals surface area contributed by atoms with Gasteiger partial charge in [0, 0.05) is 24.0 Å². The third-order valence-electron chi connectivity index (χ3n) is 2.73.